The third-order valence-electron chi connectivity index (χ3n) is 4.95. The number of carbonyl (C=O) groups excluding carboxylic acids is 1. The number of anilines is 1. The molecule has 0 fully saturated rings. The van der Waals surface area contributed by atoms with Gasteiger partial charge in [-0.2, -0.15) is 0 Å². The van der Waals surface area contributed by atoms with Gasteiger partial charge in [-0.25, -0.2) is 12.8 Å². The molecule has 0 saturated heterocycles. The van der Waals surface area contributed by atoms with Crippen molar-refractivity contribution in [2.24, 2.45) is 0 Å². The van der Waals surface area contributed by atoms with Crippen molar-refractivity contribution in [3.63, 3.8) is 0 Å². The van der Waals surface area contributed by atoms with E-state index in [1.54, 1.807) is 12.1 Å². The van der Waals surface area contributed by atoms with E-state index in [2.05, 4.69) is 5.32 Å². The van der Waals surface area contributed by atoms with Gasteiger partial charge in [-0.15, -0.1) is 0 Å². The van der Waals surface area contributed by atoms with Gasteiger partial charge in [0, 0.05) is 12.6 Å². The largest absolute Gasteiger partial charge is 0.346 e. The normalized spacial score (nSPS) is 12.3. The Hall–Kier alpha value is -3.19. The number of sulfonamides is 1. The van der Waals surface area contributed by atoms with E-state index >= 15 is 0 Å². The summed E-state index contributed by atoms with van der Waals surface area (Å²) >= 11 is 0. The Morgan fingerprint density at radius 3 is 2.37 bits per heavy atom. The first-order valence-electron chi connectivity index (χ1n) is 9.41. The van der Waals surface area contributed by atoms with Crippen LogP contribution in [0.15, 0.2) is 77.7 Å². The second kappa shape index (κ2) is 8.67. The van der Waals surface area contributed by atoms with Crippen LogP contribution in [0.1, 0.15) is 34.5 Å². The second-order valence-corrected chi connectivity index (χ2v) is 8.97. The van der Waals surface area contributed by atoms with E-state index < -0.39 is 21.7 Å². The van der Waals surface area contributed by atoms with E-state index in [1.807, 2.05) is 38.1 Å². The van der Waals surface area contributed by atoms with Crippen LogP contribution in [0.3, 0.4) is 0 Å². The highest BCUT2D eigenvalue weighted by molar-refractivity contribution is 7.92. The number of benzene rings is 3. The number of para-hydroxylation sites is 1. The predicted octanol–water partition coefficient (Wildman–Crippen LogP) is 4.45. The molecule has 1 amide bonds. The monoisotopic (exact) mass is 426 g/mol. The molecule has 7 heteroatoms. The summed E-state index contributed by atoms with van der Waals surface area (Å²) in [5.41, 5.74) is 2.17. The lowest BCUT2D eigenvalue weighted by Gasteiger charge is -2.20. The quantitative estimate of drug-likeness (QED) is 0.633. The fraction of sp³-hybridized carbons (Fsp3) is 0.174. The zero-order valence-corrected chi connectivity index (χ0v) is 17.8. The Labute approximate surface area is 176 Å². The summed E-state index contributed by atoms with van der Waals surface area (Å²) < 4.78 is 40.9. The number of hydrogen-bond donors (Lipinski definition) is 1. The van der Waals surface area contributed by atoms with Crippen LogP contribution in [0.5, 0.6) is 0 Å². The SMILES string of the molecule is Cc1ccccc1[C@@H](C)NC(=O)c1cccc(S(=O)(=O)N(C)c2ccccc2F)c1. The average Bonchev–Trinajstić information content (AvgIpc) is 2.74. The molecule has 0 radical (unpaired) electrons. The van der Waals surface area contributed by atoms with Crippen molar-refractivity contribution in [1.82, 2.24) is 5.32 Å². The topological polar surface area (TPSA) is 66.5 Å². The van der Waals surface area contributed by atoms with Crippen LogP contribution in [0.4, 0.5) is 10.1 Å². The molecule has 0 aliphatic heterocycles. The summed E-state index contributed by atoms with van der Waals surface area (Å²) in [4.78, 5) is 12.6. The highest BCUT2D eigenvalue weighted by atomic mass is 32.2. The predicted molar refractivity (Wildman–Crippen MR) is 115 cm³/mol. The highest BCUT2D eigenvalue weighted by Gasteiger charge is 2.24. The number of nitrogens with zero attached hydrogens (tertiary/aromatic N) is 1. The number of carbonyl (C=O) groups is 1. The molecule has 0 bridgehead atoms. The molecule has 0 spiro atoms. The van der Waals surface area contributed by atoms with E-state index in [0.29, 0.717) is 0 Å². The number of hydrogen-bond acceptors (Lipinski definition) is 3. The molecular weight excluding hydrogens is 403 g/mol. The van der Waals surface area contributed by atoms with Gasteiger partial charge in [0.2, 0.25) is 0 Å². The van der Waals surface area contributed by atoms with E-state index in [-0.39, 0.29) is 22.2 Å². The van der Waals surface area contributed by atoms with Crippen molar-refractivity contribution in [1.29, 1.82) is 0 Å². The number of amides is 1. The summed E-state index contributed by atoms with van der Waals surface area (Å²) in [6.07, 6.45) is 0. The van der Waals surface area contributed by atoms with Crippen LogP contribution in [-0.2, 0) is 10.0 Å². The van der Waals surface area contributed by atoms with Crippen molar-refractivity contribution >= 4 is 21.6 Å². The van der Waals surface area contributed by atoms with Gasteiger partial charge < -0.3 is 5.32 Å². The molecule has 156 valence electrons. The standard InChI is InChI=1S/C23H23FN2O3S/c1-16-9-4-5-12-20(16)17(2)25-23(27)18-10-8-11-19(15-18)30(28,29)26(3)22-14-7-6-13-21(22)24/h4-15,17H,1-3H3,(H,25,27)/t17-/m1/s1. The Morgan fingerprint density at radius 1 is 1.00 bits per heavy atom. The van der Waals surface area contributed by atoms with E-state index in [0.717, 1.165) is 15.4 Å². The van der Waals surface area contributed by atoms with Crippen molar-refractivity contribution in [2.45, 2.75) is 24.8 Å². The van der Waals surface area contributed by atoms with Gasteiger partial charge in [0.15, 0.2) is 0 Å². The molecule has 30 heavy (non-hydrogen) atoms. The first-order chi connectivity index (χ1) is 14.2. The first kappa shape index (κ1) is 21.5. The summed E-state index contributed by atoms with van der Waals surface area (Å²) in [7, 11) is -2.77. The van der Waals surface area contributed by atoms with Gasteiger partial charge >= 0.3 is 0 Å². The third kappa shape index (κ3) is 4.36. The Bertz CT molecular complexity index is 1180. The van der Waals surface area contributed by atoms with Gasteiger partial charge in [0.05, 0.1) is 16.6 Å². The Kier molecular flexibility index (Phi) is 6.22. The van der Waals surface area contributed by atoms with Crippen LogP contribution in [0, 0.1) is 12.7 Å². The fourth-order valence-corrected chi connectivity index (χ4v) is 4.47. The lowest BCUT2D eigenvalue weighted by atomic mass is 10.0. The second-order valence-electron chi connectivity index (χ2n) is 7.00. The third-order valence-corrected chi connectivity index (χ3v) is 6.72. The average molecular weight is 427 g/mol. The van der Waals surface area contributed by atoms with Gasteiger partial charge in [0.1, 0.15) is 5.82 Å². The van der Waals surface area contributed by atoms with Crippen molar-refractivity contribution < 1.29 is 17.6 Å². The highest BCUT2D eigenvalue weighted by Crippen LogP contribution is 2.25. The molecule has 5 nitrogen and oxygen atoms in total. The van der Waals surface area contributed by atoms with Crippen molar-refractivity contribution in [3.8, 4) is 0 Å². The molecule has 0 aliphatic carbocycles. The van der Waals surface area contributed by atoms with Crippen LogP contribution in [0.25, 0.3) is 0 Å². The minimum absolute atomic E-state index is 0.0690. The molecular formula is C23H23FN2O3S. The maximum absolute atomic E-state index is 14.1. The molecule has 3 aromatic carbocycles. The van der Waals surface area contributed by atoms with E-state index in [4.69, 9.17) is 0 Å². The summed E-state index contributed by atoms with van der Waals surface area (Å²) in [5, 5.41) is 2.89. The van der Waals surface area contributed by atoms with Crippen LogP contribution < -0.4 is 9.62 Å². The molecule has 0 saturated carbocycles. The molecule has 3 rings (SSSR count). The lowest BCUT2D eigenvalue weighted by Crippen LogP contribution is -2.29. The first-order valence-corrected chi connectivity index (χ1v) is 10.9. The number of rotatable bonds is 6. The number of nitrogens with one attached hydrogen (secondary N) is 1. The number of aryl methyl sites for hydroxylation is 1. The number of halogens is 1. The van der Waals surface area contributed by atoms with Crippen LogP contribution in [-0.4, -0.2) is 21.4 Å². The van der Waals surface area contributed by atoms with Crippen molar-refractivity contribution in [3.05, 3.63) is 95.3 Å². The lowest BCUT2D eigenvalue weighted by molar-refractivity contribution is 0.0939. The molecule has 1 atom stereocenters. The fourth-order valence-electron chi connectivity index (χ4n) is 3.22. The molecule has 0 unspecified atom stereocenters. The molecule has 3 aromatic rings. The molecule has 0 heterocycles. The van der Waals surface area contributed by atoms with Gasteiger partial charge in [-0.3, -0.25) is 9.10 Å². The Balaban J connectivity index is 1.86. The zero-order chi connectivity index (χ0) is 21.9. The van der Waals surface area contributed by atoms with E-state index in [9.17, 15) is 17.6 Å². The van der Waals surface area contributed by atoms with E-state index in [1.165, 1.54) is 43.4 Å². The molecule has 0 aromatic heterocycles. The molecule has 1 N–H and O–H groups in total. The summed E-state index contributed by atoms with van der Waals surface area (Å²) in [6, 6.07) is 18.8. The van der Waals surface area contributed by atoms with Gasteiger partial charge in [0.25, 0.3) is 15.9 Å². The summed E-state index contributed by atoms with van der Waals surface area (Å²) in [6.45, 7) is 3.83. The maximum Gasteiger partial charge on any atom is 0.264 e. The smallest absolute Gasteiger partial charge is 0.264 e. The van der Waals surface area contributed by atoms with Gasteiger partial charge in [-0.1, -0.05) is 42.5 Å². The van der Waals surface area contributed by atoms with Crippen LogP contribution in [0.2, 0.25) is 0 Å². The maximum atomic E-state index is 14.1. The van der Waals surface area contributed by atoms with Crippen LogP contribution >= 0.6 is 0 Å². The Morgan fingerprint density at radius 2 is 1.67 bits per heavy atom. The summed E-state index contributed by atoms with van der Waals surface area (Å²) in [5.74, 6) is -1.04. The molecule has 0 aliphatic rings. The van der Waals surface area contributed by atoms with Gasteiger partial charge in [-0.05, 0) is 55.3 Å². The zero-order valence-electron chi connectivity index (χ0n) is 17.0. The minimum Gasteiger partial charge on any atom is -0.346 e. The van der Waals surface area contributed by atoms with Crippen molar-refractivity contribution in [2.75, 3.05) is 11.4 Å². The minimum atomic E-state index is -4.04.